The standard InChI is InChI=1S/C15H21NO/c1-2-14(16)13-10-6-7-11-15(13)17-12-8-4-3-5-9-12/h4,6-8,10-12,14H,2-3,5,9,16H2,1H3/t12?,14-/m1/s1. The van der Waals surface area contributed by atoms with Crippen LogP contribution in [0.4, 0.5) is 0 Å². The van der Waals surface area contributed by atoms with Crippen LogP contribution in [0.15, 0.2) is 36.4 Å². The number of nitrogens with two attached hydrogens (primary N) is 1. The zero-order chi connectivity index (χ0) is 12.1. The molecule has 2 nitrogen and oxygen atoms in total. The molecule has 0 heterocycles. The average Bonchev–Trinajstić information content (AvgIpc) is 2.40. The number of ether oxygens (including phenoxy) is 1. The van der Waals surface area contributed by atoms with Crippen LogP contribution in [0.1, 0.15) is 44.2 Å². The fourth-order valence-electron chi connectivity index (χ4n) is 2.16. The maximum atomic E-state index is 6.10. The van der Waals surface area contributed by atoms with Gasteiger partial charge in [-0.25, -0.2) is 0 Å². The molecule has 1 aliphatic rings. The van der Waals surface area contributed by atoms with Gasteiger partial charge in [0.15, 0.2) is 0 Å². The lowest BCUT2D eigenvalue weighted by Crippen LogP contribution is -2.18. The van der Waals surface area contributed by atoms with Crippen molar-refractivity contribution < 1.29 is 4.74 Å². The SMILES string of the molecule is CC[C@@H](N)c1ccccc1OC1C=CCCC1. The zero-order valence-corrected chi connectivity index (χ0v) is 10.4. The highest BCUT2D eigenvalue weighted by Crippen LogP contribution is 2.28. The van der Waals surface area contributed by atoms with Crippen molar-refractivity contribution in [1.29, 1.82) is 0 Å². The molecule has 0 saturated heterocycles. The summed E-state index contributed by atoms with van der Waals surface area (Å²) in [6.45, 7) is 2.10. The van der Waals surface area contributed by atoms with Crippen molar-refractivity contribution in [3.8, 4) is 5.75 Å². The van der Waals surface area contributed by atoms with E-state index in [0.717, 1.165) is 24.2 Å². The highest BCUT2D eigenvalue weighted by atomic mass is 16.5. The van der Waals surface area contributed by atoms with Gasteiger partial charge in [-0.05, 0) is 37.8 Å². The Morgan fingerprint density at radius 2 is 2.24 bits per heavy atom. The molecule has 2 N–H and O–H groups in total. The fraction of sp³-hybridized carbons (Fsp3) is 0.467. The minimum Gasteiger partial charge on any atom is -0.486 e. The molecule has 0 bridgehead atoms. The molecule has 2 rings (SSSR count). The number of benzene rings is 1. The van der Waals surface area contributed by atoms with Gasteiger partial charge in [-0.15, -0.1) is 0 Å². The summed E-state index contributed by atoms with van der Waals surface area (Å²) in [7, 11) is 0. The van der Waals surface area contributed by atoms with Crippen molar-refractivity contribution in [2.24, 2.45) is 5.73 Å². The Labute approximate surface area is 103 Å². The molecule has 0 aliphatic heterocycles. The molecule has 17 heavy (non-hydrogen) atoms. The number of hydrogen-bond donors (Lipinski definition) is 1. The van der Waals surface area contributed by atoms with Crippen LogP contribution < -0.4 is 10.5 Å². The van der Waals surface area contributed by atoms with Gasteiger partial charge >= 0.3 is 0 Å². The predicted molar refractivity (Wildman–Crippen MR) is 71.1 cm³/mol. The molecule has 0 amide bonds. The summed E-state index contributed by atoms with van der Waals surface area (Å²) in [5.41, 5.74) is 7.22. The van der Waals surface area contributed by atoms with Gasteiger partial charge in [-0.1, -0.05) is 31.2 Å². The summed E-state index contributed by atoms with van der Waals surface area (Å²) >= 11 is 0. The largest absolute Gasteiger partial charge is 0.486 e. The van der Waals surface area contributed by atoms with Gasteiger partial charge < -0.3 is 10.5 Å². The van der Waals surface area contributed by atoms with Gasteiger partial charge in [-0.2, -0.15) is 0 Å². The van der Waals surface area contributed by atoms with E-state index in [9.17, 15) is 0 Å². The first-order valence-electron chi connectivity index (χ1n) is 6.49. The van der Waals surface area contributed by atoms with E-state index < -0.39 is 0 Å². The molecule has 2 atom stereocenters. The van der Waals surface area contributed by atoms with Gasteiger partial charge in [0.1, 0.15) is 11.9 Å². The first-order chi connectivity index (χ1) is 8.31. The van der Waals surface area contributed by atoms with Crippen LogP contribution in [0, 0.1) is 0 Å². The molecule has 0 radical (unpaired) electrons. The summed E-state index contributed by atoms with van der Waals surface area (Å²) < 4.78 is 6.04. The quantitative estimate of drug-likeness (QED) is 0.804. The van der Waals surface area contributed by atoms with Crippen molar-refractivity contribution >= 4 is 0 Å². The molecule has 1 unspecified atom stereocenters. The lowest BCUT2D eigenvalue weighted by Gasteiger charge is -2.22. The summed E-state index contributed by atoms with van der Waals surface area (Å²) in [4.78, 5) is 0. The molecule has 0 aromatic heterocycles. The Kier molecular flexibility index (Phi) is 4.21. The average molecular weight is 231 g/mol. The van der Waals surface area contributed by atoms with Crippen LogP contribution in [-0.2, 0) is 0 Å². The van der Waals surface area contributed by atoms with E-state index in [2.05, 4.69) is 25.1 Å². The van der Waals surface area contributed by atoms with E-state index in [4.69, 9.17) is 10.5 Å². The second-order valence-corrected chi connectivity index (χ2v) is 4.57. The lowest BCUT2D eigenvalue weighted by atomic mass is 10.0. The maximum Gasteiger partial charge on any atom is 0.124 e. The first kappa shape index (κ1) is 12.2. The summed E-state index contributed by atoms with van der Waals surface area (Å²) in [5, 5.41) is 0. The van der Waals surface area contributed by atoms with Gasteiger partial charge in [0.05, 0.1) is 0 Å². The molecular formula is C15H21NO. The summed E-state index contributed by atoms with van der Waals surface area (Å²) in [5.74, 6) is 0.943. The van der Waals surface area contributed by atoms with Crippen LogP contribution in [-0.4, -0.2) is 6.10 Å². The topological polar surface area (TPSA) is 35.2 Å². The van der Waals surface area contributed by atoms with Crippen LogP contribution >= 0.6 is 0 Å². The zero-order valence-electron chi connectivity index (χ0n) is 10.4. The Morgan fingerprint density at radius 1 is 1.41 bits per heavy atom. The van der Waals surface area contributed by atoms with Gasteiger partial charge in [0.25, 0.3) is 0 Å². The van der Waals surface area contributed by atoms with Crippen LogP contribution in [0.3, 0.4) is 0 Å². The molecule has 1 aromatic carbocycles. The monoisotopic (exact) mass is 231 g/mol. The highest BCUT2D eigenvalue weighted by Gasteiger charge is 2.14. The first-order valence-corrected chi connectivity index (χ1v) is 6.49. The molecule has 0 fully saturated rings. The van der Waals surface area contributed by atoms with Crippen LogP contribution in [0.25, 0.3) is 0 Å². The summed E-state index contributed by atoms with van der Waals surface area (Å²) in [6, 6.07) is 8.18. The molecule has 0 spiro atoms. The van der Waals surface area contributed by atoms with Gasteiger partial charge in [0, 0.05) is 11.6 Å². The molecule has 0 saturated carbocycles. The van der Waals surface area contributed by atoms with Gasteiger partial charge in [-0.3, -0.25) is 0 Å². The molecular weight excluding hydrogens is 210 g/mol. The number of hydrogen-bond acceptors (Lipinski definition) is 2. The van der Waals surface area contributed by atoms with Crippen LogP contribution in [0.5, 0.6) is 5.75 Å². The van der Waals surface area contributed by atoms with Gasteiger partial charge in [0.2, 0.25) is 0 Å². The minimum absolute atomic E-state index is 0.0683. The summed E-state index contributed by atoms with van der Waals surface area (Å²) in [6.07, 6.45) is 9.01. The molecule has 2 heteroatoms. The van der Waals surface area contributed by atoms with E-state index in [1.54, 1.807) is 0 Å². The molecule has 92 valence electrons. The smallest absolute Gasteiger partial charge is 0.124 e. The van der Waals surface area contributed by atoms with E-state index in [0.29, 0.717) is 0 Å². The van der Waals surface area contributed by atoms with E-state index in [-0.39, 0.29) is 12.1 Å². The van der Waals surface area contributed by atoms with E-state index >= 15 is 0 Å². The van der Waals surface area contributed by atoms with E-state index in [1.807, 2.05) is 18.2 Å². The third kappa shape index (κ3) is 3.10. The Bertz CT molecular complexity index is 386. The minimum atomic E-state index is 0.0683. The molecule has 1 aliphatic carbocycles. The fourth-order valence-corrected chi connectivity index (χ4v) is 2.16. The highest BCUT2D eigenvalue weighted by molar-refractivity contribution is 5.36. The third-order valence-corrected chi connectivity index (χ3v) is 3.25. The Balaban J connectivity index is 2.14. The van der Waals surface area contributed by atoms with Crippen molar-refractivity contribution in [1.82, 2.24) is 0 Å². The number of allylic oxidation sites excluding steroid dienone is 1. The van der Waals surface area contributed by atoms with Crippen molar-refractivity contribution in [2.75, 3.05) is 0 Å². The molecule has 1 aromatic rings. The normalized spacial score (nSPS) is 21.2. The second-order valence-electron chi connectivity index (χ2n) is 4.57. The number of para-hydroxylation sites is 1. The maximum absolute atomic E-state index is 6.10. The van der Waals surface area contributed by atoms with Crippen molar-refractivity contribution in [3.05, 3.63) is 42.0 Å². The van der Waals surface area contributed by atoms with Crippen LogP contribution in [0.2, 0.25) is 0 Å². The Morgan fingerprint density at radius 3 is 2.94 bits per heavy atom. The van der Waals surface area contributed by atoms with E-state index in [1.165, 1.54) is 12.8 Å². The van der Waals surface area contributed by atoms with Crippen molar-refractivity contribution in [3.63, 3.8) is 0 Å². The third-order valence-electron chi connectivity index (χ3n) is 3.25. The van der Waals surface area contributed by atoms with Crippen molar-refractivity contribution in [2.45, 2.75) is 44.8 Å². The second kappa shape index (κ2) is 5.87. The predicted octanol–water partition coefficient (Wildman–Crippen LogP) is 3.58. The lowest BCUT2D eigenvalue weighted by molar-refractivity contribution is 0.226. The number of rotatable bonds is 4. The Hall–Kier alpha value is -1.28.